The van der Waals surface area contributed by atoms with Gasteiger partial charge in [-0.15, -0.1) is 0 Å². The molecule has 4 heteroatoms. The van der Waals surface area contributed by atoms with Crippen LogP contribution in [0.25, 0.3) is 11.0 Å². The fourth-order valence-electron chi connectivity index (χ4n) is 2.80. The number of nitrogens with one attached hydrogen (secondary N) is 1. The summed E-state index contributed by atoms with van der Waals surface area (Å²) < 4.78 is 19.0. The van der Waals surface area contributed by atoms with Crippen LogP contribution in [0.4, 0.5) is 4.39 Å². The third-order valence-corrected chi connectivity index (χ3v) is 4.12. The normalized spacial score (nSPS) is 23.1. The molecule has 1 aliphatic rings. The highest BCUT2D eigenvalue weighted by molar-refractivity contribution is 6.01. The van der Waals surface area contributed by atoms with E-state index in [2.05, 4.69) is 5.32 Å². The van der Waals surface area contributed by atoms with Crippen molar-refractivity contribution in [2.75, 3.05) is 13.1 Å². The Morgan fingerprint density at radius 1 is 1.53 bits per heavy atom. The van der Waals surface area contributed by atoms with Crippen molar-refractivity contribution in [3.05, 3.63) is 35.8 Å². The van der Waals surface area contributed by atoms with E-state index in [4.69, 9.17) is 4.42 Å². The number of Topliss-reactive ketones (excluding diaryl/α,β-unsaturated/α-hetero) is 1. The molecule has 3 rings (SSSR count). The minimum atomic E-state index is -0.424. The van der Waals surface area contributed by atoms with Crippen molar-refractivity contribution in [2.24, 2.45) is 5.41 Å². The van der Waals surface area contributed by atoms with Gasteiger partial charge in [-0.2, -0.15) is 0 Å². The van der Waals surface area contributed by atoms with E-state index in [1.54, 1.807) is 18.2 Å². The predicted octanol–water partition coefficient (Wildman–Crippen LogP) is 3.14. The molecule has 0 aliphatic carbocycles. The topological polar surface area (TPSA) is 42.2 Å². The van der Waals surface area contributed by atoms with Crippen LogP contribution >= 0.6 is 0 Å². The molecule has 1 N–H and O–H groups in total. The molecule has 1 atom stereocenters. The Hall–Kier alpha value is -1.68. The monoisotopic (exact) mass is 261 g/mol. The number of carbonyl (C=O) groups is 1. The molecule has 100 valence electrons. The molecule has 1 fully saturated rings. The van der Waals surface area contributed by atoms with E-state index in [1.807, 2.05) is 6.92 Å². The number of benzene rings is 1. The maximum Gasteiger partial charge on any atom is 0.205 e. The summed E-state index contributed by atoms with van der Waals surface area (Å²) in [5.74, 6) is -0.173. The fraction of sp³-hybridized carbons (Fsp3) is 0.400. The maximum atomic E-state index is 13.6. The predicted molar refractivity (Wildman–Crippen MR) is 70.7 cm³/mol. The number of halogens is 1. The Morgan fingerprint density at radius 2 is 2.37 bits per heavy atom. The highest BCUT2D eigenvalue weighted by Gasteiger charge is 2.41. The summed E-state index contributed by atoms with van der Waals surface area (Å²) in [7, 11) is 0. The molecule has 1 saturated heterocycles. The van der Waals surface area contributed by atoms with E-state index in [0.29, 0.717) is 11.9 Å². The van der Waals surface area contributed by atoms with E-state index >= 15 is 0 Å². The third-order valence-electron chi connectivity index (χ3n) is 4.12. The van der Waals surface area contributed by atoms with Crippen LogP contribution in [0, 0.1) is 11.2 Å². The van der Waals surface area contributed by atoms with Crippen molar-refractivity contribution in [2.45, 2.75) is 19.8 Å². The molecule has 0 bridgehead atoms. The van der Waals surface area contributed by atoms with Crippen LogP contribution in [0.5, 0.6) is 0 Å². The maximum absolute atomic E-state index is 13.6. The first kappa shape index (κ1) is 12.4. The molecule has 1 aromatic carbocycles. The number of ketones is 1. The van der Waals surface area contributed by atoms with Gasteiger partial charge in [0, 0.05) is 11.9 Å². The van der Waals surface area contributed by atoms with Gasteiger partial charge < -0.3 is 9.73 Å². The Kier molecular flexibility index (Phi) is 2.90. The molecule has 1 aliphatic heterocycles. The van der Waals surface area contributed by atoms with Crippen LogP contribution in [0.1, 0.15) is 30.3 Å². The quantitative estimate of drug-likeness (QED) is 0.863. The van der Waals surface area contributed by atoms with Crippen LogP contribution < -0.4 is 5.32 Å². The summed E-state index contributed by atoms with van der Waals surface area (Å²) in [6.45, 7) is 3.52. The van der Waals surface area contributed by atoms with Gasteiger partial charge in [-0.1, -0.05) is 19.1 Å². The van der Waals surface area contributed by atoms with E-state index in [0.717, 1.165) is 19.4 Å². The van der Waals surface area contributed by atoms with E-state index in [9.17, 15) is 9.18 Å². The van der Waals surface area contributed by atoms with Crippen LogP contribution in [0.15, 0.2) is 28.7 Å². The molecule has 2 heterocycles. The second-order valence-electron chi connectivity index (χ2n) is 5.16. The van der Waals surface area contributed by atoms with Crippen molar-refractivity contribution >= 4 is 16.8 Å². The Labute approximate surface area is 110 Å². The van der Waals surface area contributed by atoms with Gasteiger partial charge in [0.05, 0.1) is 5.41 Å². The lowest BCUT2D eigenvalue weighted by molar-refractivity contribution is 0.0782. The molecule has 2 aromatic rings. The average Bonchev–Trinajstić information content (AvgIpc) is 3.06. The first-order valence-electron chi connectivity index (χ1n) is 6.60. The van der Waals surface area contributed by atoms with Crippen LogP contribution in [0.2, 0.25) is 0 Å². The number of para-hydroxylation sites is 1. The second-order valence-corrected chi connectivity index (χ2v) is 5.16. The second kappa shape index (κ2) is 4.46. The van der Waals surface area contributed by atoms with Gasteiger partial charge in [-0.05, 0) is 31.5 Å². The number of furan rings is 1. The van der Waals surface area contributed by atoms with Crippen LogP contribution in [-0.4, -0.2) is 18.9 Å². The molecule has 1 aromatic heterocycles. The zero-order chi connectivity index (χ0) is 13.5. The smallest absolute Gasteiger partial charge is 0.205 e. The van der Waals surface area contributed by atoms with Crippen LogP contribution in [0.3, 0.4) is 0 Å². The summed E-state index contributed by atoms with van der Waals surface area (Å²) in [5.41, 5.74) is -0.229. The van der Waals surface area contributed by atoms with Gasteiger partial charge in [-0.3, -0.25) is 4.79 Å². The van der Waals surface area contributed by atoms with Crippen LogP contribution in [-0.2, 0) is 0 Å². The van der Waals surface area contributed by atoms with Crippen molar-refractivity contribution < 1.29 is 13.6 Å². The molecule has 3 nitrogen and oxygen atoms in total. The number of rotatable bonds is 3. The number of hydrogen-bond donors (Lipinski definition) is 1. The summed E-state index contributed by atoms with van der Waals surface area (Å²) in [4.78, 5) is 12.6. The molecule has 0 saturated carbocycles. The summed E-state index contributed by atoms with van der Waals surface area (Å²) in [6, 6.07) is 6.36. The molecule has 0 spiro atoms. The lowest BCUT2D eigenvalue weighted by Crippen LogP contribution is -2.32. The lowest BCUT2D eigenvalue weighted by Gasteiger charge is -2.23. The zero-order valence-corrected chi connectivity index (χ0v) is 10.8. The van der Waals surface area contributed by atoms with Crippen molar-refractivity contribution in [1.29, 1.82) is 0 Å². The van der Waals surface area contributed by atoms with Gasteiger partial charge >= 0.3 is 0 Å². The highest BCUT2D eigenvalue weighted by Crippen LogP contribution is 2.35. The largest absolute Gasteiger partial charge is 0.450 e. The average molecular weight is 261 g/mol. The standard InChI is InChI=1S/C15H16FNO2/c1-2-15(6-7-17-9-15)14(18)12-8-10-4-3-5-11(16)13(10)19-12/h3-5,8,17H,2,6-7,9H2,1H3. The number of fused-ring (bicyclic) bond motifs is 1. The Bertz CT molecular complexity index is 626. The summed E-state index contributed by atoms with van der Waals surface area (Å²) >= 11 is 0. The molecule has 1 unspecified atom stereocenters. The van der Waals surface area contributed by atoms with E-state index < -0.39 is 11.2 Å². The van der Waals surface area contributed by atoms with Crippen molar-refractivity contribution in [1.82, 2.24) is 5.32 Å². The molecular weight excluding hydrogens is 245 g/mol. The van der Waals surface area contributed by atoms with E-state index in [-0.39, 0.29) is 17.1 Å². The molecule has 0 radical (unpaired) electrons. The van der Waals surface area contributed by atoms with Crippen molar-refractivity contribution in [3.8, 4) is 0 Å². The Balaban J connectivity index is 2.04. The lowest BCUT2D eigenvalue weighted by atomic mass is 9.79. The van der Waals surface area contributed by atoms with Gasteiger partial charge in [0.25, 0.3) is 0 Å². The Morgan fingerprint density at radius 3 is 3.00 bits per heavy atom. The van der Waals surface area contributed by atoms with Gasteiger partial charge in [0.15, 0.2) is 17.2 Å². The summed E-state index contributed by atoms with van der Waals surface area (Å²) in [6.07, 6.45) is 1.57. The fourth-order valence-corrected chi connectivity index (χ4v) is 2.80. The minimum absolute atomic E-state index is 0.0180. The summed E-state index contributed by atoms with van der Waals surface area (Å²) in [5, 5.41) is 3.86. The first-order valence-corrected chi connectivity index (χ1v) is 6.60. The van der Waals surface area contributed by atoms with Crippen molar-refractivity contribution in [3.63, 3.8) is 0 Å². The third kappa shape index (κ3) is 1.87. The zero-order valence-electron chi connectivity index (χ0n) is 10.8. The minimum Gasteiger partial charge on any atom is -0.450 e. The molecule has 19 heavy (non-hydrogen) atoms. The molecular formula is C15H16FNO2. The first-order chi connectivity index (χ1) is 9.16. The van der Waals surface area contributed by atoms with E-state index in [1.165, 1.54) is 6.07 Å². The van der Waals surface area contributed by atoms with Gasteiger partial charge in [0.1, 0.15) is 0 Å². The number of carbonyl (C=O) groups excluding carboxylic acids is 1. The van der Waals surface area contributed by atoms with Gasteiger partial charge in [0.2, 0.25) is 5.78 Å². The SMILES string of the molecule is CCC1(C(=O)c2cc3cccc(F)c3o2)CCNC1. The highest BCUT2D eigenvalue weighted by atomic mass is 19.1. The molecule has 0 amide bonds. The van der Waals surface area contributed by atoms with Gasteiger partial charge in [-0.25, -0.2) is 4.39 Å². The number of hydrogen-bond acceptors (Lipinski definition) is 3.